The number of imide groups is 1. The quantitative estimate of drug-likeness (QED) is 0.640. The minimum Gasteiger partial charge on any atom is -0.341 e. The highest BCUT2D eigenvalue weighted by atomic mass is 32.2. The lowest BCUT2D eigenvalue weighted by Gasteiger charge is -2.11. The predicted molar refractivity (Wildman–Crippen MR) is 71.5 cm³/mol. The van der Waals surface area contributed by atoms with Crippen LogP contribution < -0.4 is 16.4 Å². The molecule has 0 saturated heterocycles. The van der Waals surface area contributed by atoms with Crippen LogP contribution in [0, 0.1) is 0 Å². The van der Waals surface area contributed by atoms with E-state index in [0.717, 1.165) is 0 Å². The summed E-state index contributed by atoms with van der Waals surface area (Å²) >= 11 is 1.23. The molecule has 0 radical (unpaired) electrons. The lowest BCUT2D eigenvalue weighted by molar-refractivity contribution is -0.119. The number of amides is 3. The highest BCUT2D eigenvalue weighted by molar-refractivity contribution is 8.00. The zero-order valence-electron chi connectivity index (χ0n) is 11.1. The van der Waals surface area contributed by atoms with Crippen molar-refractivity contribution in [2.75, 3.05) is 7.05 Å². The molecule has 8 nitrogen and oxygen atoms in total. The van der Waals surface area contributed by atoms with Crippen LogP contribution >= 0.6 is 11.8 Å². The average molecular weight is 286 g/mol. The highest BCUT2D eigenvalue weighted by Gasteiger charge is 2.20. The molecule has 1 aromatic rings. The van der Waals surface area contributed by atoms with E-state index in [9.17, 15) is 9.59 Å². The normalized spacial score (nSPS) is 12.0. The number of nitrogens with zero attached hydrogens (tertiary/aromatic N) is 3. The van der Waals surface area contributed by atoms with Gasteiger partial charge in [0.05, 0.1) is 11.8 Å². The molecule has 0 fully saturated rings. The molecular formula is C10H18N6O2S. The van der Waals surface area contributed by atoms with Crippen LogP contribution in [0.25, 0.3) is 0 Å². The maximum atomic E-state index is 11.7. The van der Waals surface area contributed by atoms with Gasteiger partial charge in [-0.25, -0.2) is 4.79 Å². The second kappa shape index (κ2) is 7.10. The van der Waals surface area contributed by atoms with Gasteiger partial charge < -0.3 is 15.6 Å². The molecule has 106 valence electrons. The molecule has 9 heteroatoms. The molecule has 0 spiro atoms. The number of rotatable bonds is 5. The van der Waals surface area contributed by atoms with Crippen molar-refractivity contribution in [3.05, 3.63) is 5.82 Å². The van der Waals surface area contributed by atoms with Gasteiger partial charge in [0.15, 0.2) is 5.16 Å². The SMILES string of the molecule is CCn1c(CN)nnc1SC(C)C(=O)NC(=O)NC. The molecule has 0 aliphatic rings. The predicted octanol–water partition coefficient (Wildman–Crippen LogP) is -0.307. The largest absolute Gasteiger partial charge is 0.341 e. The second-order valence-electron chi connectivity index (χ2n) is 3.68. The van der Waals surface area contributed by atoms with Crippen molar-refractivity contribution >= 4 is 23.7 Å². The zero-order chi connectivity index (χ0) is 14.4. The van der Waals surface area contributed by atoms with E-state index in [1.165, 1.54) is 18.8 Å². The highest BCUT2D eigenvalue weighted by Crippen LogP contribution is 2.22. The second-order valence-corrected chi connectivity index (χ2v) is 4.98. The molecule has 0 saturated carbocycles. The lowest BCUT2D eigenvalue weighted by atomic mass is 10.4. The molecule has 3 amide bonds. The molecule has 0 aliphatic heterocycles. The van der Waals surface area contributed by atoms with Crippen LogP contribution in [0.2, 0.25) is 0 Å². The zero-order valence-corrected chi connectivity index (χ0v) is 12.0. The summed E-state index contributed by atoms with van der Waals surface area (Å²) in [7, 11) is 1.45. The number of nitrogens with one attached hydrogen (secondary N) is 2. The fourth-order valence-corrected chi connectivity index (χ4v) is 2.29. The average Bonchev–Trinajstić information content (AvgIpc) is 2.80. The monoisotopic (exact) mass is 286 g/mol. The van der Waals surface area contributed by atoms with Crippen molar-refractivity contribution in [1.29, 1.82) is 0 Å². The number of carbonyl (C=O) groups is 2. The van der Waals surface area contributed by atoms with Crippen LogP contribution in [-0.4, -0.2) is 39.0 Å². The molecule has 0 aromatic carbocycles. The van der Waals surface area contributed by atoms with Crippen molar-refractivity contribution in [3.63, 3.8) is 0 Å². The van der Waals surface area contributed by atoms with Gasteiger partial charge in [0.2, 0.25) is 5.91 Å². The summed E-state index contributed by atoms with van der Waals surface area (Å²) in [5.74, 6) is 0.285. The maximum absolute atomic E-state index is 11.7. The van der Waals surface area contributed by atoms with Gasteiger partial charge in [-0.2, -0.15) is 0 Å². The first-order valence-electron chi connectivity index (χ1n) is 5.84. The Morgan fingerprint density at radius 2 is 2.16 bits per heavy atom. The minimum absolute atomic E-state index is 0.292. The Labute approximate surface area is 115 Å². The van der Waals surface area contributed by atoms with Crippen molar-refractivity contribution in [3.8, 4) is 0 Å². The van der Waals surface area contributed by atoms with E-state index in [4.69, 9.17) is 5.73 Å². The van der Waals surface area contributed by atoms with E-state index in [2.05, 4.69) is 20.8 Å². The summed E-state index contributed by atoms with van der Waals surface area (Å²) < 4.78 is 1.84. The fraction of sp³-hybridized carbons (Fsp3) is 0.600. The summed E-state index contributed by atoms with van der Waals surface area (Å²) in [6.07, 6.45) is 0. The Hall–Kier alpha value is -1.61. The Kier molecular flexibility index (Phi) is 5.77. The maximum Gasteiger partial charge on any atom is 0.321 e. The Morgan fingerprint density at radius 1 is 1.47 bits per heavy atom. The van der Waals surface area contributed by atoms with Gasteiger partial charge in [-0.1, -0.05) is 11.8 Å². The van der Waals surface area contributed by atoms with E-state index >= 15 is 0 Å². The van der Waals surface area contributed by atoms with Gasteiger partial charge in [-0.05, 0) is 13.8 Å². The number of carbonyl (C=O) groups excluding carboxylic acids is 2. The van der Waals surface area contributed by atoms with Crippen LogP contribution in [0.3, 0.4) is 0 Å². The molecule has 1 unspecified atom stereocenters. The van der Waals surface area contributed by atoms with Crippen LogP contribution in [0.4, 0.5) is 4.79 Å². The first kappa shape index (κ1) is 15.4. The van der Waals surface area contributed by atoms with Gasteiger partial charge in [0.25, 0.3) is 0 Å². The van der Waals surface area contributed by atoms with E-state index in [1.54, 1.807) is 6.92 Å². The Bertz CT molecular complexity index is 461. The lowest BCUT2D eigenvalue weighted by Crippen LogP contribution is -2.41. The van der Waals surface area contributed by atoms with Crippen LogP contribution in [-0.2, 0) is 17.9 Å². The first-order valence-corrected chi connectivity index (χ1v) is 6.72. The van der Waals surface area contributed by atoms with Crippen molar-refractivity contribution in [1.82, 2.24) is 25.4 Å². The van der Waals surface area contributed by atoms with E-state index in [-0.39, 0.29) is 5.91 Å². The fourth-order valence-electron chi connectivity index (χ4n) is 1.36. The topological polar surface area (TPSA) is 115 Å². The van der Waals surface area contributed by atoms with Gasteiger partial charge >= 0.3 is 6.03 Å². The van der Waals surface area contributed by atoms with Crippen molar-refractivity contribution in [2.45, 2.75) is 37.3 Å². The molecule has 1 aromatic heterocycles. The van der Waals surface area contributed by atoms with Gasteiger partial charge in [0.1, 0.15) is 5.82 Å². The number of urea groups is 1. The van der Waals surface area contributed by atoms with Crippen LogP contribution in [0.5, 0.6) is 0 Å². The van der Waals surface area contributed by atoms with E-state index < -0.39 is 11.3 Å². The van der Waals surface area contributed by atoms with Crippen molar-refractivity contribution in [2.24, 2.45) is 5.73 Å². The number of hydrogen-bond acceptors (Lipinski definition) is 6. The third kappa shape index (κ3) is 3.93. The van der Waals surface area contributed by atoms with Gasteiger partial charge in [-0.15, -0.1) is 10.2 Å². The third-order valence-corrected chi connectivity index (χ3v) is 3.49. The summed E-state index contributed by atoms with van der Waals surface area (Å²) in [4.78, 5) is 22.8. The number of thioether (sulfide) groups is 1. The summed E-state index contributed by atoms with van der Waals surface area (Å²) in [5, 5.41) is 12.6. The van der Waals surface area contributed by atoms with Gasteiger partial charge in [-0.3, -0.25) is 10.1 Å². The number of hydrogen-bond donors (Lipinski definition) is 3. The summed E-state index contributed by atoms with van der Waals surface area (Å²) in [5.41, 5.74) is 5.55. The molecular weight excluding hydrogens is 268 g/mol. The van der Waals surface area contributed by atoms with E-state index in [0.29, 0.717) is 24.1 Å². The summed E-state index contributed by atoms with van der Waals surface area (Å²) in [6.45, 7) is 4.60. The van der Waals surface area contributed by atoms with Crippen molar-refractivity contribution < 1.29 is 9.59 Å². The molecule has 19 heavy (non-hydrogen) atoms. The number of nitrogens with two attached hydrogens (primary N) is 1. The number of aromatic nitrogens is 3. The Balaban J connectivity index is 2.71. The first-order chi connectivity index (χ1) is 9.03. The molecule has 0 bridgehead atoms. The summed E-state index contributed by atoms with van der Waals surface area (Å²) in [6, 6.07) is -0.531. The molecule has 0 aliphatic carbocycles. The standard InChI is InChI=1S/C10H18N6O2S/c1-4-16-7(5-11)14-15-10(16)19-6(2)8(17)13-9(18)12-3/h6H,4-5,11H2,1-3H3,(H2,12,13,17,18). The van der Waals surface area contributed by atoms with Crippen LogP contribution in [0.15, 0.2) is 5.16 Å². The third-order valence-electron chi connectivity index (χ3n) is 2.41. The van der Waals surface area contributed by atoms with Gasteiger partial charge in [0, 0.05) is 13.6 Å². The minimum atomic E-state index is -0.531. The molecule has 1 heterocycles. The van der Waals surface area contributed by atoms with Crippen LogP contribution in [0.1, 0.15) is 19.7 Å². The smallest absolute Gasteiger partial charge is 0.321 e. The Morgan fingerprint density at radius 3 is 2.68 bits per heavy atom. The molecule has 1 atom stereocenters. The van der Waals surface area contributed by atoms with E-state index in [1.807, 2.05) is 11.5 Å². The molecule has 1 rings (SSSR count). The molecule has 4 N–H and O–H groups in total.